The minimum absolute atomic E-state index is 0.545. The van der Waals surface area contributed by atoms with Gasteiger partial charge in [0.15, 0.2) is 5.96 Å². The van der Waals surface area contributed by atoms with Crippen molar-refractivity contribution in [2.75, 3.05) is 26.8 Å². The van der Waals surface area contributed by atoms with Gasteiger partial charge in [0.05, 0.1) is 11.6 Å². The van der Waals surface area contributed by atoms with Crippen LogP contribution in [-0.2, 0) is 18.3 Å². The molecule has 0 radical (unpaired) electrons. The second-order valence-corrected chi connectivity index (χ2v) is 6.27. The largest absolute Gasteiger partial charge is 0.381 e. The van der Waals surface area contributed by atoms with Gasteiger partial charge in [-0.1, -0.05) is 37.0 Å². The molecule has 0 aliphatic heterocycles. The zero-order chi connectivity index (χ0) is 16.5. The fourth-order valence-electron chi connectivity index (χ4n) is 1.85. The third-order valence-electron chi connectivity index (χ3n) is 3.09. The van der Waals surface area contributed by atoms with Gasteiger partial charge in [0.2, 0.25) is 0 Å². The topological polar surface area (TPSA) is 50.6 Å². The molecule has 0 fully saturated rings. The molecule has 5 nitrogen and oxygen atoms in total. The summed E-state index contributed by atoms with van der Waals surface area (Å²) in [6, 6.07) is 1.85. The van der Waals surface area contributed by atoms with E-state index in [1.165, 1.54) is 0 Å². The number of hydrogen-bond donors (Lipinski definition) is 2. The van der Waals surface area contributed by atoms with Crippen LogP contribution in [-0.4, -0.2) is 37.3 Å². The average Bonchev–Trinajstić information content (AvgIpc) is 2.72. The molecule has 7 heteroatoms. The van der Waals surface area contributed by atoms with E-state index in [2.05, 4.69) is 29.5 Å². The fourth-order valence-corrected chi connectivity index (χ4v) is 2.27. The highest BCUT2D eigenvalue weighted by atomic mass is 35.5. The van der Waals surface area contributed by atoms with Crippen LogP contribution in [0, 0.1) is 5.92 Å². The van der Waals surface area contributed by atoms with Crippen LogP contribution in [0.4, 0.5) is 0 Å². The molecule has 126 valence electrons. The van der Waals surface area contributed by atoms with Gasteiger partial charge in [0.25, 0.3) is 0 Å². The summed E-state index contributed by atoms with van der Waals surface area (Å²) in [5, 5.41) is 7.59. The number of rotatable bonds is 8. The summed E-state index contributed by atoms with van der Waals surface area (Å²) in [6.07, 6.45) is 0.940. The van der Waals surface area contributed by atoms with Gasteiger partial charge >= 0.3 is 0 Å². The second-order valence-electron chi connectivity index (χ2n) is 5.51. The Morgan fingerprint density at radius 1 is 1.36 bits per heavy atom. The summed E-state index contributed by atoms with van der Waals surface area (Å²) in [5.41, 5.74) is 0.998. The lowest BCUT2D eigenvalue weighted by atomic mass is 10.2. The van der Waals surface area contributed by atoms with Crippen molar-refractivity contribution in [3.63, 3.8) is 0 Å². The highest BCUT2D eigenvalue weighted by Crippen LogP contribution is 2.24. The lowest BCUT2D eigenvalue weighted by molar-refractivity contribution is 0.108. The molecule has 0 saturated heterocycles. The summed E-state index contributed by atoms with van der Waals surface area (Å²) in [6.45, 7) is 7.27. The zero-order valence-electron chi connectivity index (χ0n) is 13.7. The van der Waals surface area contributed by atoms with Crippen LogP contribution in [0.15, 0.2) is 11.1 Å². The number of nitrogens with zero attached hydrogens (tertiary/aromatic N) is 2. The van der Waals surface area contributed by atoms with Crippen molar-refractivity contribution < 1.29 is 4.74 Å². The van der Waals surface area contributed by atoms with Gasteiger partial charge in [-0.25, -0.2) is 0 Å². The Bertz CT molecular complexity index is 486. The van der Waals surface area contributed by atoms with E-state index < -0.39 is 0 Å². The third-order valence-corrected chi connectivity index (χ3v) is 3.93. The van der Waals surface area contributed by atoms with Crippen molar-refractivity contribution in [2.45, 2.75) is 26.8 Å². The minimum atomic E-state index is 0.545. The van der Waals surface area contributed by atoms with Crippen molar-refractivity contribution >= 4 is 29.2 Å². The smallest absolute Gasteiger partial charge is 0.191 e. The van der Waals surface area contributed by atoms with Crippen LogP contribution in [0.2, 0.25) is 10.2 Å². The van der Waals surface area contributed by atoms with Gasteiger partial charge in [-0.15, -0.1) is 0 Å². The Kier molecular flexibility index (Phi) is 8.68. The first kappa shape index (κ1) is 19.1. The molecule has 1 heterocycles. The lowest BCUT2D eigenvalue weighted by Gasteiger charge is -2.13. The molecule has 1 aromatic rings. The molecule has 1 rings (SSSR count). The number of nitrogens with one attached hydrogen (secondary N) is 2. The van der Waals surface area contributed by atoms with Crippen LogP contribution in [0.3, 0.4) is 0 Å². The predicted molar refractivity (Wildman–Crippen MR) is 93.9 cm³/mol. The first-order chi connectivity index (χ1) is 10.5. The van der Waals surface area contributed by atoms with E-state index in [1.807, 2.05) is 17.7 Å². The number of hydrogen-bond acceptors (Lipinski definition) is 2. The van der Waals surface area contributed by atoms with Crippen LogP contribution < -0.4 is 10.6 Å². The summed E-state index contributed by atoms with van der Waals surface area (Å²) in [5.74, 6) is 1.32. The van der Waals surface area contributed by atoms with Crippen LogP contribution in [0.1, 0.15) is 26.0 Å². The Hall–Kier alpha value is -0.910. The van der Waals surface area contributed by atoms with E-state index >= 15 is 0 Å². The standard InChI is InChI=1S/C15H26Cl2N4O/c1-11(2)10-22-7-5-6-19-15(18-3)20-9-12-8-13(16)14(17)21(12)4/h8,11H,5-7,9-10H2,1-4H3,(H2,18,19,20). The van der Waals surface area contributed by atoms with E-state index in [9.17, 15) is 0 Å². The van der Waals surface area contributed by atoms with Gasteiger partial charge in [-0.3, -0.25) is 4.99 Å². The monoisotopic (exact) mass is 348 g/mol. The summed E-state index contributed by atoms with van der Waals surface area (Å²) in [7, 11) is 3.63. The van der Waals surface area contributed by atoms with Crippen molar-refractivity contribution in [1.29, 1.82) is 0 Å². The van der Waals surface area contributed by atoms with Gasteiger partial charge in [0, 0.05) is 39.5 Å². The van der Waals surface area contributed by atoms with E-state index in [-0.39, 0.29) is 0 Å². The van der Waals surface area contributed by atoms with Crippen molar-refractivity contribution in [3.8, 4) is 0 Å². The number of ether oxygens (including phenoxy) is 1. The quantitative estimate of drug-likeness (QED) is 0.431. The number of halogens is 2. The van der Waals surface area contributed by atoms with Gasteiger partial charge < -0.3 is 19.9 Å². The third kappa shape index (κ3) is 6.46. The molecule has 1 aromatic heterocycles. The zero-order valence-corrected chi connectivity index (χ0v) is 15.3. The Balaban J connectivity index is 2.27. The summed E-state index contributed by atoms with van der Waals surface area (Å²) >= 11 is 12.0. The molecule has 0 spiro atoms. The van der Waals surface area contributed by atoms with Crippen molar-refractivity contribution in [3.05, 3.63) is 21.9 Å². The molecule has 0 amide bonds. The molecule has 0 bridgehead atoms. The molecule has 0 aromatic carbocycles. The Labute approximate surface area is 143 Å². The van der Waals surface area contributed by atoms with Crippen LogP contribution in [0.25, 0.3) is 0 Å². The summed E-state index contributed by atoms with van der Waals surface area (Å²) in [4.78, 5) is 4.19. The Morgan fingerprint density at radius 3 is 2.64 bits per heavy atom. The maximum Gasteiger partial charge on any atom is 0.191 e. The first-order valence-electron chi connectivity index (χ1n) is 7.47. The van der Waals surface area contributed by atoms with E-state index in [1.54, 1.807) is 7.05 Å². The molecule has 0 atom stereocenters. The Morgan fingerprint density at radius 2 is 2.09 bits per heavy atom. The van der Waals surface area contributed by atoms with E-state index in [4.69, 9.17) is 27.9 Å². The summed E-state index contributed by atoms with van der Waals surface area (Å²) < 4.78 is 7.39. The number of aliphatic imine (C=N–C) groups is 1. The molecular weight excluding hydrogens is 323 g/mol. The highest BCUT2D eigenvalue weighted by Gasteiger charge is 2.09. The maximum atomic E-state index is 6.05. The van der Waals surface area contributed by atoms with Crippen molar-refractivity contribution in [2.24, 2.45) is 18.0 Å². The number of guanidine groups is 1. The molecule has 0 aliphatic rings. The van der Waals surface area contributed by atoms with Gasteiger partial charge in [-0.2, -0.15) is 0 Å². The number of aromatic nitrogens is 1. The predicted octanol–water partition coefficient (Wildman–Crippen LogP) is 3.06. The molecule has 0 aliphatic carbocycles. The molecule has 2 N–H and O–H groups in total. The van der Waals surface area contributed by atoms with E-state index in [0.29, 0.717) is 22.6 Å². The van der Waals surface area contributed by atoms with Crippen LogP contribution in [0.5, 0.6) is 0 Å². The SMILES string of the molecule is CN=C(NCCCOCC(C)C)NCc1cc(Cl)c(Cl)n1C. The van der Waals surface area contributed by atoms with Crippen LogP contribution >= 0.6 is 23.2 Å². The lowest BCUT2D eigenvalue weighted by Crippen LogP contribution is -2.37. The molecule has 0 saturated carbocycles. The normalized spacial score (nSPS) is 12.0. The molecule has 0 unspecified atom stereocenters. The highest BCUT2D eigenvalue weighted by molar-refractivity contribution is 6.41. The van der Waals surface area contributed by atoms with Gasteiger partial charge in [-0.05, 0) is 18.4 Å². The van der Waals surface area contributed by atoms with Gasteiger partial charge in [0.1, 0.15) is 5.15 Å². The molecular formula is C15H26Cl2N4O. The molecule has 22 heavy (non-hydrogen) atoms. The van der Waals surface area contributed by atoms with E-state index in [0.717, 1.165) is 37.8 Å². The first-order valence-corrected chi connectivity index (χ1v) is 8.23. The minimum Gasteiger partial charge on any atom is -0.381 e. The fraction of sp³-hybridized carbons (Fsp3) is 0.667. The second kappa shape index (κ2) is 9.98. The average molecular weight is 349 g/mol. The van der Waals surface area contributed by atoms with Crippen molar-refractivity contribution in [1.82, 2.24) is 15.2 Å². The maximum absolute atomic E-state index is 6.05.